The first kappa shape index (κ1) is 13.5. The van der Waals surface area contributed by atoms with E-state index in [1.54, 1.807) is 31.5 Å². The molecule has 102 valence electrons. The zero-order valence-corrected chi connectivity index (χ0v) is 11.4. The van der Waals surface area contributed by atoms with E-state index in [0.29, 0.717) is 0 Å². The van der Waals surface area contributed by atoms with Crippen LogP contribution in [-0.2, 0) is 10.0 Å². The van der Waals surface area contributed by atoms with E-state index in [2.05, 4.69) is 15.2 Å². The number of hydrogen-bond acceptors (Lipinski definition) is 5. The molecule has 7 nitrogen and oxygen atoms in total. The van der Waals surface area contributed by atoms with Crippen molar-refractivity contribution in [2.45, 2.75) is 17.9 Å². The third-order valence-corrected chi connectivity index (χ3v) is 4.98. The van der Waals surface area contributed by atoms with Crippen LogP contribution in [0.3, 0.4) is 0 Å². The first-order valence-corrected chi connectivity index (χ1v) is 7.05. The number of pyridine rings is 1. The number of sulfonamides is 1. The van der Waals surface area contributed by atoms with Gasteiger partial charge in [-0.15, -0.1) is 0 Å². The second kappa shape index (κ2) is 4.98. The molecule has 0 aliphatic carbocycles. The second-order valence-corrected chi connectivity index (χ2v) is 6.09. The molecule has 0 spiro atoms. The van der Waals surface area contributed by atoms with E-state index < -0.39 is 10.0 Å². The predicted molar refractivity (Wildman–Crippen MR) is 70.6 cm³/mol. The van der Waals surface area contributed by atoms with Gasteiger partial charge in [-0.2, -0.15) is 9.40 Å². The molecule has 2 rings (SSSR count). The van der Waals surface area contributed by atoms with E-state index in [-0.39, 0.29) is 16.8 Å². The van der Waals surface area contributed by atoms with Crippen LogP contribution in [0.2, 0.25) is 0 Å². The summed E-state index contributed by atoms with van der Waals surface area (Å²) in [6.07, 6.45) is 4.46. The summed E-state index contributed by atoms with van der Waals surface area (Å²) in [6, 6.07) is 3.22. The van der Waals surface area contributed by atoms with Crippen molar-refractivity contribution in [1.29, 1.82) is 0 Å². The minimum absolute atomic E-state index is 0.0177. The summed E-state index contributed by atoms with van der Waals surface area (Å²) in [7, 11) is -2.17. The molecule has 0 bridgehead atoms. The number of nitrogens with one attached hydrogen (secondary N) is 1. The Kier molecular flexibility index (Phi) is 3.54. The third kappa shape index (κ3) is 2.45. The minimum Gasteiger partial charge on any atom is -0.383 e. The van der Waals surface area contributed by atoms with Crippen LogP contribution < -0.4 is 5.73 Å². The summed E-state index contributed by atoms with van der Waals surface area (Å²) in [5, 5.41) is 6.06. The zero-order chi connectivity index (χ0) is 14.0. The highest BCUT2D eigenvalue weighted by Gasteiger charge is 2.29. The third-order valence-electron chi connectivity index (χ3n) is 3.02. The number of aromatic amines is 1. The Hall–Kier alpha value is -1.93. The topological polar surface area (TPSA) is 105 Å². The number of aromatic nitrogens is 3. The van der Waals surface area contributed by atoms with E-state index in [1.165, 1.54) is 17.5 Å². The summed E-state index contributed by atoms with van der Waals surface area (Å²) in [4.78, 5) is 3.89. The van der Waals surface area contributed by atoms with Crippen molar-refractivity contribution in [3.05, 3.63) is 36.3 Å². The number of nitrogens with two attached hydrogens (primary N) is 1. The fourth-order valence-electron chi connectivity index (χ4n) is 1.71. The summed E-state index contributed by atoms with van der Waals surface area (Å²) >= 11 is 0. The normalized spacial score (nSPS) is 13.6. The van der Waals surface area contributed by atoms with Gasteiger partial charge in [0.25, 0.3) is 0 Å². The Morgan fingerprint density at radius 1 is 1.37 bits per heavy atom. The lowest BCUT2D eigenvalue weighted by Gasteiger charge is -2.24. The van der Waals surface area contributed by atoms with Crippen molar-refractivity contribution in [1.82, 2.24) is 19.5 Å². The van der Waals surface area contributed by atoms with Crippen molar-refractivity contribution in [2.75, 3.05) is 12.8 Å². The number of anilines is 1. The molecular formula is C11H15N5O2S. The summed E-state index contributed by atoms with van der Waals surface area (Å²) in [5.74, 6) is 0.0359. The summed E-state index contributed by atoms with van der Waals surface area (Å²) < 4.78 is 26.1. The molecule has 2 aromatic heterocycles. The molecule has 0 radical (unpaired) electrons. The standard InChI is InChI=1S/C11H15N5O2S/c1-8(9-3-5-13-6-4-9)16(2)19(17,18)10-7-14-15-11(10)12/h3-8H,1-2H3,(H3,12,14,15). The number of hydrogen-bond donors (Lipinski definition) is 2. The predicted octanol–water partition coefficient (Wildman–Crippen LogP) is 0.769. The van der Waals surface area contributed by atoms with E-state index in [1.807, 2.05) is 0 Å². The minimum atomic E-state index is -3.68. The fourth-order valence-corrected chi connectivity index (χ4v) is 3.06. The number of H-pyrrole nitrogens is 1. The van der Waals surface area contributed by atoms with Crippen LogP contribution in [0.15, 0.2) is 35.6 Å². The Labute approximate surface area is 111 Å². The van der Waals surface area contributed by atoms with E-state index >= 15 is 0 Å². The van der Waals surface area contributed by atoms with Gasteiger partial charge in [0, 0.05) is 25.5 Å². The van der Waals surface area contributed by atoms with Crippen molar-refractivity contribution in [3.8, 4) is 0 Å². The molecule has 0 amide bonds. The van der Waals surface area contributed by atoms with Gasteiger partial charge >= 0.3 is 0 Å². The highest BCUT2D eigenvalue weighted by atomic mass is 32.2. The largest absolute Gasteiger partial charge is 0.383 e. The Morgan fingerprint density at radius 2 is 2.00 bits per heavy atom. The van der Waals surface area contributed by atoms with Crippen LogP contribution in [0.1, 0.15) is 18.5 Å². The molecule has 2 heterocycles. The molecule has 2 aromatic rings. The molecule has 0 aliphatic heterocycles. The molecule has 8 heteroatoms. The molecule has 1 unspecified atom stereocenters. The molecule has 3 N–H and O–H groups in total. The quantitative estimate of drug-likeness (QED) is 0.861. The molecule has 0 aromatic carbocycles. The van der Waals surface area contributed by atoms with Crippen LogP contribution >= 0.6 is 0 Å². The lowest BCUT2D eigenvalue weighted by atomic mass is 10.1. The summed E-state index contributed by atoms with van der Waals surface area (Å²) in [5.41, 5.74) is 6.42. The van der Waals surface area contributed by atoms with Gasteiger partial charge in [0.2, 0.25) is 10.0 Å². The highest BCUT2D eigenvalue weighted by Crippen LogP contribution is 2.26. The van der Waals surface area contributed by atoms with Crippen molar-refractivity contribution >= 4 is 15.8 Å². The number of rotatable bonds is 4. The van der Waals surface area contributed by atoms with Gasteiger partial charge in [0.05, 0.1) is 6.20 Å². The zero-order valence-electron chi connectivity index (χ0n) is 10.6. The Balaban J connectivity index is 2.34. The van der Waals surface area contributed by atoms with Crippen molar-refractivity contribution in [2.24, 2.45) is 0 Å². The molecule has 0 saturated carbocycles. The van der Waals surface area contributed by atoms with Crippen LogP contribution in [0.5, 0.6) is 0 Å². The first-order chi connectivity index (χ1) is 8.94. The van der Waals surface area contributed by atoms with Crippen LogP contribution in [-0.4, -0.2) is 35.0 Å². The molecule has 0 aliphatic rings. The maximum Gasteiger partial charge on any atom is 0.248 e. The van der Waals surface area contributed by atoms with Gasteiger partial charge in [-0.05, 0) is 24.6 Å². The van der Waals surface area contributed by atoms with Crippen LogP contribution in [0.4, 0.5) is 5.82 Å². The van der Waals surface area contributed by atoms with Crippen LogP contribution in [0, 0.1) is 0 Å². The molecule has 19 heavy (non-hydrogen) atoms. The highest BCUT2D eigenvalue weighted by molar-refractivity contribution is 7.89. The van der Waals surface area contributed by atoms with Crippen molar-refractivity contribution in [3.63, 3.8) is 0 Å². The van der Waals surface area contributed by atoms with Crippen molar-refractivity contribution < 1.29 is 8.42 Å². The lowest BCUT2D eigenvalue weighted by Crippen LogP contribution is -2.30. The Morgan fingerprint density at radius 3 is 2.53 bits per heavy atom. The number of nitrogens with zero attached hydrogens (tertiary/aromatic N) is 3. The number of nitrogen functional groups attached to an aromatic ring is 1. The van der Waals surface area contributed by atoms with Gasteiger partial charge in [-0.3, -0.25) is 10.1 Å². The summed E-state index contributed by atoms with van der Waals surface area (Å²) in [6.45, 7) is 1.79. The first-order valence-electron chi connectivity index (χ1n) is 5.61. The van der Waals surface area contributed by atoms with Gasteiger partial charge in [0.15, 0.2) is 0 Å². The molecule has 0 fully saturated rings. The average Bonchev–Trinajstić information content (AvgIpc) is 2.85. The molecule has 1 atom stereocenters. The SMILES string of the molecule is CC(c1ccncc1)N(C)S(=O)(=O)c1cn[nH]c1N. The monoisotopic (exact) mass is 281 g/mol. The molecule has 0 saturated heterocycles. The maximum absolute atomic E-state index is 12.4. The Bertz CT molecular complexity index is 653. The van der Waals surface area contributed by atoms with Gasteiger partial charge in [-0.25, -0.2) is 8.42 Å². The molecular weight excluding hydrogens is 266 g/mol. The van der Waals surface area contributed by atoms with Gasteiger partial charge in [0.1, 0.15) is 10.7 Å². The lowest BCUT2D eigenvalue weighted by molar-refractivity contribution is 0.398. The smallest absolute Gasteiger partial charge is 0.248 e. The van der Waals surface area contributed by atoms with Gasteiger partial charge < -0.3 is 5.73 Å². The van der Waals surface area contributed by atoms with E-state index in [0.717, 1.165) is 5.56 Å². The fraction of sp³-hybridized carbons (Fsp3) is 0.273. The average molecular weight is 281 g/mol. The van der Waals surface area contributed by atoms with E-state index in [4.69, 9.17) is 5.73 Å². The van der Waals surface area contributed by atoms with Crippen LogP contribution in [0.25, 0.3) is 0 Å². The maximum atomic E-state index is 12.4. The second-order valence-electron chi connectivity index (χ2n) is 4.13. The van der Waals surface area contributed by atoms with E-state index in [9.17, 15) is 8.42 Å². The van der Waals surface area contributed by atoms with Gasteiger partial charge in [-0.1, -0.05) is 0 Å².